The van der Waals surface area contributed by atoms with Gasteiger partial charge in [0.2, 0.25) is 11.8 Å². The number of hydrogen-bond donors (Lipinski definition) is 1. The number of pyridine rings is 1. The van der Waals surface area contributed by atoms with E-state index in [2.05, 4.69) is 10.1 Å². The monoisotopic (exact) mass is 527 g/mol. The number of ether oxygens (including phenoxy) is 1. The molecule has 3 amide bonds. The third kappa shape index (κ3) is 5.36. The summed E-state index contributed by atoms with van der Waals surface area (Å²) < 4.78 is 32.3. The predicted molar refractivity (Wildman–Crippen MR) is 135 cm³/mol. The van der Waals surface area contributed by atoms with E-state index in [4.69, 9.17) is 10.5 Å². The van der Waals surface area contributed by atoms with E-state index in [1.807, 2.05) is 6.07 Å². The summed E-state index contributed by atoms with van der Waals surface area (Å²) in [6.07, 6.45) is -0.867. The van der Waals surface area contributed by atoms with E-state index in [0.29, 0.717) is 17.2 Å². The molecule has 11 heteroatoms. The largest absolute Gasteiger partial charge is 0.493 e. The molecule has 9 nitrogen and oxygen atoms in total. The molecule has 2 N–H and O–H groups in total. The summed E-state index contributed by atoms with van der Waals surface area (Å²) in [7, 11) is 0. The first-order valence-corrected chi connectivity index (χ1v) is 12.4. The van der Waals surface area contributed by atoms with Crippen LogP contribution in [0.4, 0.5) is 8.78 Å². The van der Waals surface area contributed by atoms with Crippen LogP contribution >= 0.6 is 0 Å². The zero-order valence-electron chi connectivity index (χ0n) is 21.3. The number of benzene rings is 1. The molecule has 4 rings (SSSR count). The van der Waals surface area contributed by atoms with Crippen molar-refractivity contribution in [2.75, 3.05) is 26.2 Å². The number of carbonyl (C=O) groups excluding carboxylic acids is 3. The number of para-hydroxylation sites is 1. The number of fused-ring (bicyclic) bond motifs is 1. The third-order valence-electron chi connectivity index (χ3n) is 7.31. The van der Waals surface area contributed by atoms with Gasteiger partial charge in [-0.1, -0.05) is 38.1 Å². The van der Waals surface area contributed by atoms with Crippen molar-refractivity contribution in [3.05, 3.63) is 60.4 Å². The number of likely N-dealkylation sites (tertiary alicyclic amines) is 1. The van der Waals surface area contributed by atoms with Crippen molar-refractivity contribution < 1.29 is 27.9 Å². The number of nitrogens with zero attached hydrogens (tertiary/aromatic N) is 4. The summed E-state index contributed by atoms with van der Waals surface area (Å²) in [6, 6.07) is 14.1. The SMILES string of the molecule is CC(C)(C(N)=O)[C@H](COc1ccccc1)C(=O)N1CCC2=NN(CC(F)F)C(=O)[C@]2(Cc2ccccn2)C1. The number of hydrogen-bond acceptors (Lipinski definition) is 6. The number of aromatic nitrogens is 1. The number of nitrogens with two attached hydrogens (primary N) is 1. The summed E-state index contributed by atoms with van der Waals surface area (Å²) >= 11 is 0. The van der Waals surface area contributed by atoms with Gasteiger partial charge in [-0.3, -0.25) is 19.4 Å². The minimum absolute atomic E-state index is 0.0868. The Balaban J connectivity index is 1.64. The van der Waals surface area contributed by atoms with Gasteiger partial charge >= 0.3 is 0 Å². The minimum atomic E-state index is -2.76. The molecule has 202 valence electrons. The summed E-state index contributed by atoms with van der Waals surface area (Å²) in [5.74, 6) is -2.11. The standard InChI is InChI=1S/C27H31F2N5O4/c1-26(2,24(30)36)20(16-38-19-9-4-3-5-10-19)23(35)33-13-11-21-27(17-33,14-18-8-6-7-12-31-18)25(37)34(32-21)15-22(28)29/h3-10,12,20,22H,11,13-17H2,1-2H3,(H2,30,36)/t20-,27-/m1/s1. The van der Waals surface area contributed by atoms with Gasteiger partial charge in [-0.05, 0) is 24.3 Å². The molecule has 0 bridgehead atoms. The van der Waals surface area contributed by atoms with E-state index in [9.17, 15) is 23.2 Å². The second kappa shape index (κ2) is 10.8. The second-order valence-electron chi connectivity index (χ2n) is 10.2. The molecule has 2 aromatic rings. The van der Waals surface area contributed by atoms with E-state index in [0.717, 1.165) is 5.01 Å². The summed E-state index contributed by atoms with van der Waals surface area (Å²) in [5.41, 5.74) is 4.10. The molecule has 2 aliphatic rings. The van der Waals surface area contributed by atoms with E-state index < -0.39 is 47.4 Å². The molecule has 3 heterocycles. The van der Waals surface area contributed by atoms with Gasteiger partial charge < -0.3 is 15.4 Å². The van der Waals surface area contributed by atoms with Crippen LogP contribution < -0.4 is 10.5 Å². The van der Waals surface area contributed by atoms with Gasteiger partial charge in [0, 0.05) is 37.8 Å². The number of hydrazone groups is 1. The molecule has 1 aromatic heterocycles. The molecule has 0 unspecified atom stereocenters. The van der Waals surface area contributed by atoms with Crippen molar-refractivity contribution in [2.45, 2.75) is 33.1 Å². The first-order chi connectivity index (χ1) is 18.0. The summed E-state index contributed by atoms with van der Waals surface area (Å²) in [5, 5.41) is 5.05. The lowest BCUT2D eigenvalue weighted by atomic mass is 9.72. The molecule has 2 aliphatic heterocycles. The lowest BCUT2D eigenvalue weighted by Gasteiger charge is -2.42. The fourth-order valence-corrected chi connectivity index (χ4v) is 4.92. The van der Waals surface area contributed by atoms with Crippen LogP contribution in [0.2, 0.25) is 0 Å². The molecule has 1 fully saturated rings. The summed E-state index contributed by atoms with van der Waals surface area (Å²) in [4.78, 5) is 45.7. The maximum absolute atomic E-state index is 14.0. The molecular formula is C27H31F2N5O4. The number of carbonyl (C=O) groups is 3. The van der Waals surface area contributed by atoms with Crippen LogP contribution in [0, 0.1) is 16.7 Å². The Labute approximate surface area is 219 Å². The first kappa shape index (κ1) is 27.2. The Morgan fingerprint density at radius 1 is 1.16 bits per heavy atom. The van der Waals surface area contributed by atoms with Gasteiger partial charge in [0.25, 0.3) is 12.3 Å². The minimum Gasteiger partial charge on any atom is -0.493 e. The van der Waals surface area contributed by atoms with E-state index in [1.54, 1.807) is 62.5 Å². The Kier molecular flexibility index (Phi) is 7.75. The number of piperidine rings is 1. The van der Waals surface area contributed by atoms with Crippen molar-refractivity contribution in [1.82, 2.24) is 14.9 Å². The maximum atomic E-state index is 14.0. The van der Waals surface area contributed by atoms with Gasteiger partial charge in [0.05, 0.1) is 17.0 Å². The number of halogens is 2. The highest BCUT2D eigenvalue weighted by atomic mass is 19.3. The molecule has 1 saturated heterocycles. The van der Waals surface area contributed by atoms with Gasteiger partial charge in [0.15, 0.2) is 0 Å². The zero-order chi connectivity index (χ0) is 27.5. The lowest BCUT2D eigenvalue weighted by molar-refractivity contribution is -0.150. The molecule has 0 radical (unpaired) electrons. The fourth-order valence-electron chi connectivity index (χ4n) is 4.92. The van der Waals surface area contributed by atoms with Gasteiger partial charge in [0.1, 0.15) is 24.3 Å². The van der Waals surface area contributed by atoms with Crippen LogP contribution in [0.5, 0.6) is 5.75 Å². The van der Waals surface area contributed by atoms with Crippen molar-refractivity contribution in [3.8, 4) is 5.75 Å². The van der Waals surface area contributed by atoms with Crippen LogP contribution in [0.3, 0.4) is 0 Å². The van der Waals surface area contributed by atoms with Crippen molar-refractivity contribution in [1.29, 1.82) is 0 Å². The Hall–Kier alpha value is -3.89. The number of alkyl halides is 2. The molecule has 0 saturated carbocycles. The fraction of sp³-hybridized carbons (Fsp3) is 0.444. The normalized spacial score (nSPS) is 20.2. The van der Waals surface area contributed by atoms with Crippen LogP contribution in [-0.4, -0.2) is 71.0 Å². The van der Waals surface area contributed by atoms with E-state index >= 15 is 0 Å². The topological polar surface area (TPSA) is 118 Å². The van der Waals surface area contributed by atoms with Crippen molar-refractivity contribution >= 4 is 23.4 Å². The molecule has 0 aliphatic carbocycles. The first-order valence-electron chi connectivity index (χ1n) is 12.4. The third-order valence-corrected chi connectivity index (χ3v) is 7.31. The van der Waals surface area contributed by atoms with Gasteiger partial charge in [-0.25, -0.2) is 13.8 Å². The highest BCUT2D eigenvalue weighted by Gasteiger charge is 2.56. The van der Waals surface area contributed by atoms with Crippen molar-refractivity contribution in [3.63, 3.8) is 0 Å². The average Bonchev–Trinajstić information content (AvgIpc) is 3.14. The predicted octanol–water partition coefficient (Wildman–Crippen LogP) is 2.51. The highest BCUT2D eigenvalue weighted by Crippen LogP contribution is 2.40. The average molecular weight is 528 g/mol. The van der Waals surface area contributed by atoms with Crippen LogP contribution in [0.15, 0.2) is 59.8 Å². The second-order valence-corrected chi connectivity index (χ2v) is 10.2. The number of amides is 3. The quantitative estimate of drug-likeness (QED) is 0.510. The van der Waals surface area contributed by atoms with Crippen LogP contribution in [0.25, 0.3) is 0 Å². The Morgan fingerprint density at radius 2 is 1.87 bits per heavy atom. The lowest BCUT2D eigenvalue weighted by Crippen LogP contribution is -2.59. The molecule has 1 aromatic carbocycles. The van der Waals surface area contributed by atoms with Crippen LogP contribution in [-0.2, 0) is 20.8 Å². The van der Waals surface area contributed by atoms with Crippen molar-refractivity contribution in [2.24, 2.45) is 27.6 Å². The Morgan fingerprint density at radius 3 is 2.50 bits per heavy atom. The molecular weight excluding hydrogens is 496 g/mol. The maximum Gasteiger partial charge on any atom is 0.258 e. The zero-order valence-corrected chi connectivity index (χ0v) is 21.3. The molecule has 2 atom stereocenters. The highest BCUT2D eigenvalue weighted by molar-refractivity contribution is 6.13. The molecule has 38 heavy (non-hydrogen) atoms. The Bertz CT molecular complexity index is 1210. The molecule has 0 spiro atoms. The summed E-state index contributed by atoms with van der Waals surface area (Å²) in [6.45, 7) is 2.33. The van der Waals surface area contributed by atoms with Crippen LogP contribution in [0.1, 0.15) is 26.0 Å². The number of rotatable bonds is 10. The van der Waals surface area contributed by atoms with E-state index in [1.165, 1.54) is 4.90 Å². The number of primary amides is 1. The van der Waals surface area contributed by atoms with Gasteiger partial charge in [-0.2, -0.15) is 5.10 Å². The van der Waals surface area contributed by atoms with Gasteiger partial charge in [-0.15, -0.1) is 0 Å². The smallest absolute Gasteiger partial charge is 0.258 e. The van der Waals surface area contributed by atoms with E-state index in [-0.39, 0.29) is 32.5 Å².